The third-order valence-electron chi connectivity index (χ3n) is 2.77. The molecule has 3 N–H and O–H groups in total. The molecule has 0 spiro atoms. The lowest BCUT2D eigenvalue weighted by Gasteiger charge is -2.05. The van der Waals surface area contributed by atoms with E-state index >= 15 is 0 Å². The lowest BCUT2D eigenvalue weighted by atomic mass is 10.1. The van der Waals surface area contributed by atoms with Crippen molar-refractivity contribution in [3.8, 4) is 0 Å². The number of sulfonamides is 1. The number of nitrogens with two attached hydrogens (primary N) is 1. The lowest BCUT2D eigenvalue weighted by molar-refractivity contribution is 0.596. The Labute approximate surface area is 112 Å². The van der Waals surface area contributed by atoms with Crippen LogP contribution in [0, 0.1) is 0 Å². The van der Waals surface area contributed by atoms with Crippen molar-refractivity contribution < 1.29 is 8.42 Å². The molecule has 18 heavy (non-hydrogen) atoms. The minimum Gasteiger partial charge on any atom is -0.309 e. The number of hydrogen-bond donors (Lipinski definition) is 2. The van der Waals surface area contributed by atoms with Gasteiger partial charge in [0.1, 0.15) is 10.8 Å². The van der Waals surface area contributed by atoms with E-state index in [1.807, 2.05) is 0 Å². The molecule has 102 valence electrons. The van der Waals surface area contributed by atoms with E-state index in [2.05, 4.69) is 24.1 Å². The number of hydrogen-bond acceptors (Lipinski definition) is 5. The molecule has 0 bridgehead atoms. The predicted molar refractivity (Wildman–Crippen MR) is 72.9 cm³/mol. The van der Waals surface area contributed by atoms with Gasteiger partial charge in [0.2, 0.25) is 10.0 Å². The van der Waals surface area contributed by atoms with Gasteiger partial charge in [-0.05, 0) is 18.8 Å². The quantitative estimate of drug-likeness (QED) is 0.827. The molecule has 0 amide bonds. The fraction of sp³-hybridized carbons (Fsp3) is 0.727. The van der Waals surface area contributed by atoms with Gasteiger partial charge in [0.25, 0.3) is 0 Å². The second-order valence-electron chi connectivity index (χ2n) is 5.03. The van der Waals surface area contributed by atoms with Crippen LogP contribution in [0.4, 0.5) is 0 Å². The summed E-state index contributed by atoms with van der Waals surface area (Å²) >= 11 is 1.45. The molecular formula is C11H19N3O2S2. The van der Waals surface area contributed by atoms with Crippen LogP contribution >= 0.6 is 11.3 Å². The molecule has 0 atom stereocenters. The van der Waals surface area contributed by atoms with Crippen LogP contribution in [0.25, 0.3) is 0 Å². The molecule has 0 aliphatic heterocycles. The molecule has 0 aromatic carbocycles. The van der Waals surface area contributed by atoms with Gasteiger partial charge in [0, 0.05) is 17.5 Å². The van der Waals surface area contributed by atoms with E-state index in [0.717, 1.165) is 17.1 Å². The zero-order valence-corrected chi connectivity index (χ0v) is 12.3. The van der Waals surface area contributed by atoms with Crippen molar-refractivity contribution in [1.29, 1.82) is 0 Å². The summed E-state index contributed by atoms with van der Waals surface area (Å²) in [4.78, 5) is 5.55. The van der Waals surface area contributed by atoms with Gasteiger partial charge >= 0.3 is 0 Å². The van der Waals surface area contributed by atoms with Gasteiger partial charge in [-0.15, -0.1) is 11.3 Å². The summed E-state index contributed by atoms with van der Waals surface area (Å²) in [6.07, 6.45) is 2.47. The molecule has 0 unspecified atom stereocenters. The van der Waals surface area contributed by atoms with E-state index < -0.39 is 10.0 Å². The average molecular weight is 289 g/mol. The first-order chi connectivity index (χ1) is 8.35. The summed E-state index contributed by atoms with van der Waals surface area (Å²) in [5.74, 6) is 0.132. The van der Waals surface area contributed by atoms with E-state index in [1.54, 1.807) is 0 Å². The first-order valence-corrected chi connectivity index (χ1v) is 8.60. The summed E-state index contributed by atoms with van der Waals surface area (Å²) in [6.45, 7) is 4.91. The molecule has 1 saturated carbocycles. The Bertz CT molecular complexity index is 518. The Morgan fingerprint density at radius 1 is 1.50 bits per heavy atom. The van der Waals surface area contributed by atoms with Crippen molar-refractivity contribution in [3.05, 3.63) is 15.6 Å². The highest BCUT2D eigenvalue weighted by Crippen LogP contribution is 2.27. The highest BCUT2D eigenvalue weighted by atomic mass is 32.2. The van der Waals surface area contributed by atoms with Crippen molar-refractivity contribution in [2.75, 3.05) is 0 Å². The molecule has 7 heteroatoms. The van der Waals surface area contributed by atoms with E-state index in [1.165, 1.54) is 24.2 Å². The predicted octanol–water partition coefficient (Wildman–Crippen LogP) is 1.31. The number of nitrogens with one attached hydrogen (secondary N) is 1. The minimum atomic E-state index is -3.50. The summed E-state index contributed by atoms with van der Waals surface area (Å²) in [6, 6.07) is 0.633. The number of primary sulfonamides is 1. The van der Waals surface area contributed by atoms with E-state index in [-0.39, 0.29) is 5.75 Å². The molecule has 0 saturated heterocycles. The average Bonchev–Trinajstić information content (AvgIpc) is 2.95. The van der Waals surface area contributed by atoms with Crippen LogP contribution in [0.15, 0.2) is 0 Å². The van der Waals surface area contributed by atoms with Gasteiger partial charge < -0.3 is 5.32 Å². The fourth-order valence-electron chi connectivity index (χ4n) is 1.75. The number of nitrogens with zero attached hydrogens (tertiary/aromatic N) is 1. The molecule has 0 radical (unpaired) electrons. The Hall–Kier alpha value is -0.500. The molecule has 1 fully saturated rings. The Morgan fingerprint density at radius 2 is 2.17 bits per heavy atom. The van der Waals surface area contributed by atoms with E-state index in [4.69, 9.17) is 5.14 Å². The van der Waals surface area contributed by atoms with Crippen molar-refractivity contribution in [1.82, 2.24) is 10.3 Å². The normalized spacial score (nSPS) is 16.4. The highest BCUT2D eigenvalue weighted by Gasteiger charge is 2.22. The summed E-state index contributed by atoms with van der Waals surface area (Å²) in [5, 5.41) is 9.08. The van der Waals surface area contributed by atoms with Crippen LogP contribution in [0.5, 0.6) is 0 Å². The molecule has 1 heterocycles. The molecular weight excluding hydrogens is 270 g/mol. The van der Waals surface area contributed by atoms with Crippen molar-refractivity contribution in [2.45, 2.75) is 50.9 Å². The van der Waals surface area contributed by atoms with Gasteiger partial charge in [-0.3, -0.25) is 0 Å². The lowest BCUT2D eigenvalue weighted by Crippen LogP contribution is -2.15. The van der Waals surface area contributed by atoms with Gasteiger partial charge in [-0.1, -0.05) is 13.8 Å². The van der Waals surface area contributed by atoms with Crippen LogP contribution < -0.4 is 10.5 Å². The molecule has 2 rings (SSSR count). The highest BCUT2D eigenvalue weighted by molar-refractivity contribution is 7.88. The van der Waals surface area contributed by atoms with Crippen molar-refractivity contribution in [2.24, 2.45) is 5.14 Å². The van der Waals surface area contributed by atoms with Gasteiger partial charge in [-0.25, -0.2) is 18.5 Å². The SMILES string of the molecule is CC(C)c1nc(CS(N)(=O)=O)sc1CNC1CC1. The van der Waals surface area contributed by atoms with E-state index in [0.29, 0.717) is 17.0 Å². The monoisotopic (exact) mass is 289 g/mol. The maximum Gasteiger partial charge on any atom is 0.215 e. The molecule has 5 nitrogen and oxygen atoms in total. The van der Waals surface area contributed by atoms with Crippen LogP contribution in [0.2, 0.25) is 0 Å². The Balaban J connectivity index is 2.14. The maximum atomic E-state index is 11.1. The largest absolute Gasteiger partial charge is 0.309 e. The van der Waals surface area contributed by atoms with Crippen LogP contribution in [-0.4, -0.2) is 19.4 Å². The van der Waals surface area contributed by atoms with Crippen molar-refractivity contribution in [3.63, 3.8) is 0 Å². The van der Waals surface area contributed by atoms with Gasteiger partial charge in [0.15, 0.2) is 0 Å². The first kappa shape index (κ1) is 13.9. The number of thiazole rings is 1. The topological polar surface area (TPSA) is 85.1 Å². The van der Waals surface area contributed by atoms with Crippen LogP contribution in [0.3, 0.4) is 0 Å². The summed E-state index contributed by atoms with van der Waals surface area (Å²) < 4.78 is 22.2. The standard InChI is InChI=1S/C11H19N3O2S2/c1-7(2)11-9(5-13-8-3-4-8)17-10(14-11)6-18(12,15)16/h7-8,13H,3-6H2,1-2H3,(H2,12,15,16). The van der Waals surface area contributed by atoms with Crippen LogP contribution in [0.1, 0.15) is 48.2 Å². The second kappa shape index (κ2) is 5.24. The summed E-state index contributed by atoms with van der Waals surface area (Å²) in [7, 11) is -3.50. The molecule has 1 aliphatic rings. The third kappa shape index (κ3) is 4.01. The smallest absolute Gasteiger partial charge is 0.215 e. The first-order valence-electron chi connectivity index (χ1n) is 6.07. The minimum absolute atomic E-state index is 0.166. The number of aromatic nitrogens is 1. The maximum absolute atomic E-state index is 11.1. The van der Waals surface area contributed by atoms with Gasteiger partial charge in [-0.2, -0.15) is 0 Å². The Morgan fingerprint density at radius 3 is 2.67 bits per heavy atom. The number of rotatable bonds is 6. The second-order valence-corrected chi connectivity index (χ2v) is 7.82. The third-order valence-corrected chi connectivity index (χ3v) is 4.70. The van der Waals surface area contributed by atoms with Crippen LogP contribution in [-0.2, 0) is 22.3 Å². The van der Waals surface area contributed by atoms with E-state index in [9.17, 15) is 8.42 Å². The molecule has 1 aliphatic carbocycles. The Kier molecular flexibility index (Phi) is 4.05. The molecule has 1 aromatic rings. The summed E-state index contributed by atoms with van der Waals surface area (Å²) in [5.41, 5.74) is 0.992. The van der Waals surface area contributed by atoms with Gasteiger partial charge in [0.05, 0.1) is 5.69 Å². The fourth-order valence-corrected chi connectivity index (χ4v) is 3.86. The zero-order chi connectivity index (χ0) is 13.3. The zero-order valence-electron chi connectivity index (χ0n) is 10.6. The van der Waals surface area contributed by atoms with Crippen molar-refractivity contribution >= 4 is 21.4 Å². The molecule has 1 aromatic heterocycles.